The van der Waals surface area contributed by atoms with Gasteiger partial charge in [-0.3, -0.25) is 19.7 Å². The molecule has 2 aromatic carbocycles. The molecule has 3 aromatic rings. The van der Waals surface area contributed by atoms with Gasteiger partial charge < -0.3 is 10.6 Å². The monoisotopic (exact) mass is 446 g/mol. The summed E-state index contributed by atoms with van der Waals surface area (Å²) >= 11 is 7.37. The minimum absolute atomic E-state index is 0.0520. The van der Waals surface area contributed by atoms with Gasteiger partial charge in [0.15, 0.2) is 5.13 Å². The van der Waals surface area contributed by atoms with Crippen LogP contribution in [0.3, 0.4) is 0 Å². The summed E-state index contributed by atoms with van der Waals surface area (Å²) in [6.45, 7) is 5.57. The number of aromatic nitrogens is 1. The molecule has 0 aliphatic rings. The van der Waals surface area contributed by atoms with Gasteiger partial charge in [-0.15, -0.1) is 0 Å². The van der Waals surface area contributed by atoms with E-state index in [1.807, 2.05) is 25.1 Å². The van der Waals surface area contributed by atoms with Crippen molar-refractivity contribution in [2.75, 3.05) is 5.32 Å². The van der Waals surface area contributed by atoms with Crippen LogP contribution in [0.1, 0.15) is 29.8 Å². The standard InChI is InChI=1S/C20H19ClN4O4S/c1-10(2)17(23-18(26)13-6-5-12(25(28)29)9-14(13)21)19(27)24-20-22-15-7-4-11(3)8-16(15)30-20/h4-10,17H,1-3H3,(H,23,26)(H,22,24,27)/t17-/m0/s1. The molecule has 156 valence electrons. The van der Waals surface area contributed by atoms with E-state index in [-0.39, 0.29) is 22.2 Å². The van der Waals surface area contributed by atoms with Crippen LogP contribution in [0.5, 0.6) is 0 Å². The Morgan fingerprint density at radius 3 is 2.57 bits per heavy atom. The van der Waals surface area contributed by atoms with E-state index in [4.69, 9.17) is 11.6 Å². The molecule has 0 aliphatic carbocycles. The number of hydrogen-bond donors (Lipinski definition) is 2. The van der Waals surface area contributed by atoms with Crippen molar-refractivity contribution in [1.29, 1.82) is 0 Å². The largest absolute Gasteiger partial charge is 0.340 e. The van der Waals surface area contributed by atoms with Gasteiger partial charge >= 0.3 is 0 Å². The van der Waals surface area contributed by atoms with Gasteiger partial charge in [0.05, 0.1) is 25.7 Å². The molecule has 0 spiro atoms. The number of rotatable bonds is 6. The van der Waals surface area contributed by atoms with Gasteiger partial charge in [0.25, 0.3) is 11.6 Å². The zero-order valence-electron chi connectivity index (χ0n) is 16.4. The zero-order valence-corrected chi connectivity index (χ0v) is 18.0. The first kappa shape index (κ1) is 21.7. The first-order chi connectivity index (χ1) is 14.2. The van der Waals surface area contributed by atoms with Gasteiger partial charge in [0.1, 0.15) is 6.04 Å². The maximum Gasteiger partial charge on any atom is 0.270 e. The Hall–Kier alpha value is -3.04. The Labute approximate surface area is 181 Å². The highest BCUT2D eigenvalue weighted by Crippen LogP contribution is 2.27. The molecule has 1 aromatic heterocycles. The fourth-order valence-electron chi connectivity index (χ4n) is 2.82. The molecular weight excluding hydrogens is 428 g/mol. The predicted molar refractivity (Wildman–Crippen MR) is 117 cm³/mol. The van der Waals surface area contributed by atoms with Crippen molar-refractivity contribution in [2.45, 2.75) is 26.8 Å². The predicted octanol–water partition coefficient (Wildman–Crippen LogP) is 4.56. The first-order valence-corrected chi connectivity index (χ1v) is 10.3. The van der Waals surface area contributed by atoms with Crippen LogP contribution in [0.2, 0.25) is 5.02 Å². The number of nitro benzene ring substituents is 1. The maximum atomic E-state index is 12.8. The molecule has 3 rings (SSSR count). The van der Waals surface area contributed by atoms with Gasteiger partial charge in [-0.25, -0.2) is 4.98 Å². The molecule has 0 saturated carbocycles. The molecule has 8 nitrogen and oxygen atoms in total. The highest BCUT2D eigenvalue weighted by atomic mass is 35.5. The molecule has 0 fully saturated rings. The number of halogens is 1. The van der Waals surface area contributed by atoms with E-state index in [9.17, 15) is 19.7 Å². The number of carbonyl (C=O) groups is 2. The number of hydrogen-bond acceptors (Lipinski definition) is 6. The lowest BCUT2D eigenvalue weighted by atomic mass is 10.0. The Morgan fingerprint density at radius 1 is 1.20 bits per heavy atom. The van der Waals surface area contributed by atoms with E-state index in [2.05, 4.69) is 15.6 Å². The third kappa shape index (κ3) is 4.74. The summed E-state index contributed by atoms with van der Waals surface area (Å²) in [5.74, 6) is -1.22. The number of amides is 2. The van der Waals surface area contributed by atoms with Crippen LogP contribution in [0.4, 0.5) is 10.8 Å². The second-order valence-electron chi connectivity index (χ2n) is 7.10. The lowest BCUT2D eigenvalue weighted by molar-refractivity contribution is -0.384. The molecular formula is C20H19ClN4O4S. The number of anilines is 1. The van der Waals surface area contributed by atoms with Gasteiger partial charge in [-0.1, -0.05) is 42.9 Å². The maximum absolute atomic E-state index is 12.8. The van der Waals surface area contributed by atoms with E-state index in [0.717, 1.165) is 21.8 Å². The minimum Gasteiger partial charge on any atom is -0.340 e. The molecule has 1 heterocycles. The van der Waals surface area contributed by atoms with Crippen LogP contribution in [0.25, 0.3) is 10.2 Å². The number of nitrogens with zero attached hydrogens (tertiary/aromatic N) is 2. The van der Waals surface area contributed by atoms with E-state index in [1.165, 1.54) is 23.5 Å². The lowest BCUT2D eigenvalue weighted by Gasteiger charge is -2.21. The SMILES string of the molecule is Cc1ccc2nc(NC(=O)[C@@H](NC(=O)c3ccc([N+](=O)[O-])cc3Cl)C(C)C)sc2c1. The summed E-state index contributed by atoms with van der Waals surface area (Å²) in [5.41, 5.74) is 1.71. The average molecular weight is 447 g/mol. The quantitative estimate of drug-likeness (QED) is 0.425. The fourth-order valence-corrected chi connectivity index (χ4v) is 4.05. The average Bonchev–Trinajstić information content (AvgIpc) is 3.06. The Morgan fingerprint density at radius 2 is 1.93 bits per heavy atom. The lowest BCUT2D eigenvalue weighted by Crippen LogP contribution is -2.47. The molecule has 30 heavy (non-hydrogen) atoms. The Bertz CT molecular complexity index is 1150. The number of carbonyl (C=O) groups excluding carboxylic acids is 2. The molecule has 0 bridgehead atoms. The molecule has 2 amide bonds. The molecule has 0 radical (unpaired) electrons. The number of benzene rings is 2. The number of fused-ring (bicyclic) bond motifs is 1. The van der Waals surface area contributed by atoms with Gasteiger partial charge in [0.2, 0.25) is 5.91 Å². The van der Waals surface area contributed by atoms with Crippen molar-refractivity contribution < 1.29 is 14.5 Å². The normalized spacial score (nSPS) is 12.0. The highest BCUT2D eigenvalue weighted by Gasteiger charge is 2.27. The third-order valence-corrected chi connectivity index (χ3v) is 5.66. The molecule has 0 aliphatic heterocycles. The van der Waals surface area contributed by atoms with Crippen molar-refractivity contribution in [1.82, 2.24) is 10.3 Å². The van der Waals surface area contributed by atoms with Crippen LogP contribution in [-0.2, 0) is 4.79 Å². The Balaban J connectivity index is 1.76. The van der Waals surface area contributed by atoms with Crippen molar-refractivity contribution in [2.24, 2.45) is 5.92 Å². The van der Waals surface area contributed by atoms with Crippen LogP contribution >= 0.6 is 22.9 Å². The summed E-state index contributed by atoms with van der Waals surface area (Å²) in [4.78, 5) is 40.1. The number of thiazole rings is 1. The molecule has 0 saturated heterocycles. The zero-order chi connectivity index (χ0) is 22.0. The summed E-state index contributed by atoms with van der Waals surface area (Å²) in [5, 5.41) is 16.6. The molecule has 1 atom stereocenters. The minimum atomic E-state index is -0.850. The molecule has 2 N–H and O–H groups in total. The number of nitro groups is 1. The van der Waals surface area contributed by atoms with Crippen LogP contribution in [0.15, 0.2) is 36.4 Å². The Kier molecular flexibility index (Phi) is 6.33. The second-order valence-corrected chi connectivity index (χ2v) is 8.53. The number of aryl methyl sites for hydroxylation is 1. The van der Waals surface area contributed by atoms with E-state index in [1.54, 1.807) is 13.8 Å². The van der Waals surface area contributed by atoms with E-state index < -0.39 is 22.8 Å². The van der Waals surface area contributed by atoms with E-state index in [0.29, 0.717) is 5.13 Å². The fraction of sp³-hybridized carbons (Fsp3) is 0.250. The first-order valence-electron chi connectivity index (χ1n) is 9.08. The summed E-state index contributed by atoms with van der Waals surface area (Å²) in [6.07, 6.45) is 0. The topological polar surface area (TPSA) is 114 Å². The summed E-state index contributed by atoms with van der Waals surface area (Å²) in [7, 11) is 0. The van der Waals surface area contributed by atoms with Crippen molar-refractivity contribution in [3.63, 3.8) is 0 Å². The smallest absolute Gasteiger partial charge is 0.270 e. The highest BCUT2D eigenvalue weighted by molar-refractivity contribution is 7.22. The van der Waals surface area contributed by atoms with Crippen LogP contribution in [0, 0.1) is 23.0 Å². The molecule has 10 heteroatoms. The number of nitrogens with one attached hydrogen (secondary N) is 2. The van der Waals surface area contributed by atoms with Crippen molar-refractivity contribution in [3.8, 4) is 0 Å². The third-order valence-electron chi connectivity index (χ3n) is 4.42. The van der Waals surface area contributed by atoms with Gasteiger partial charge in [0, 0.05) is 12.1 Å². The van der Waals surface area contributed by atoms with Gasteiger partial charge in [-0.2, -0.15) is 0 Å². The van der Waals surface area contributed by atoms with Crippen molar-refractivity contribution in [3.05, 3.63) is 62.7 Å². The van der Waals surface area contributed by atoms with Crippen molar-refractivity contribution >= 4 is 55.8 Å². The summed E-state index contributed by atoms with van der Waals surface area (Å²) in [6, 6.07) is 8.52. The molecule has 0 unspecified atom stereocenters. The van der Waals surface area contributed by atoms with Crippen LogP contribution < -0.4 is 10.6 Å². The second kappa shape index (κ2) is 8.76. The summed E-state index contributed by atoms with van der Waals surface area (Å²) < 4.78 is 0.952. The number of non-ortho nitro benzene ring substituents is 1. The van der Waals surface area contributed by atoms with Crippen LogP contribution in [-0.4, -0.2) is 27.8 Å². The van der Waals surface area contributed by atoms with E-state index >= 15 is 0 Å². The van der Waals surface area contributed by atoms with Gasteiger partial charge in [-0.05, 0) is 36.6 Å².